The van der Waals surface area contributed by atoms with Crippen LogP contribution in [0.2, 0.25) is 0 Å². The number of hydrogen-bond acceptors (Lipinski definition) is 8. The number of aliphatic carboxylic acids is 1. The Bertz CT molecular complexity index is 1700. The molecule has 9 nitrogen and oxygen atoms in total. The van der Waals surface area contributed by atoms with Gasteiger partial charge in [0.25, 0.3) is 5.92 Å². The van der Waals surface area contributed by atoms with E-state index in [4.69, 9.17) is 14.7 Å². The number of fused-ring (bicyclic) bond motifs is 6. The number of benzene rings is 1. The number of anilines is 2. The number of halogens is 2. The summed E-state index contributed by atoms with van der Waals surface area (Å²) in [6, 6.07) is 17.4. The van der Waals surface area contributed by atoms with Crippen LogP contribution in [0.25, 0.3) is 16.9 Å². The molecule has 0 saturated heterocycles. The van der Waals surface area contributed by atoms with Crippen molar-refractivity contribution in [2.75, 3.05) is 29.3 Å². The van der Waals surface area contributed by atoms with Crippen LogP contribution in [-0.2, 0) is 10.7 Å². The van der Waals surface area contributed by atoms with E-state index in [2.05, 4.69) is 30.6 Å². The standard InChI is InChI=1S/C35H42F2N6O3S/c1-33(2,3)23-46-29-18-21-43(40-29)26-16-17-27-38-31(26)24-12-7-8-13-25(24)35(36,37)19-9-6-10-20-42(22-34(4,5)32(44)45)28-14-11-15-30(39-28)47-41-27/h7-8,11-18,21H,6,9-10,19-20,22-23H2,1-5H3,(H,38,41)(H,44,45). The molecule has 4 aromatic rings. The molecule has 0 saturated carbocycles. The van der Waals surface area contributed by atoms with Gasteiger partial charge in [-0.3, -0.25) is 4.79 Å². The summed E-state index contributed by atoms with van der Waals surface area (Å²) >= 11 is 1.24. The molecule has 5 rings (SSSR count). The first-order valence-electron chi connectivity index (χ1n) is 15.8. The highest BCUT2D eigenvalue weighted by molar-refractivity contribution is 8.00. The van der Waals surface area contributed by atoms with Crippen molar-refractivity contribution >= 4 is 29.6 Å². The second-order valence-corrected chi connectivity index (χ2v) is 14.5. The van der Waals surface area contributed by atoms with Crippen molar-refractivity contribution in [3.05, 3.63) is 72.4 Å². The average molecular weight is 665 g/mol. The molecule has 0 amide bonds. The van der Waals surface area contributed by atoms with Crippen LogP contribution < -0.4 is 14.4 Å². The smallest absolute Gasteiger partial charge is 0.310 e. The number of nitrogens with zero attached hydrogens (tertiary/aromatic N) is 5. The molecule has 1 aliphatic rings. The fraction of sp³-hybridized carbons (Fsp3) is 0.429. The van der Waals surface area contributed by atoms with Gasteiger partial charge in [0.05, 0.1) is 23.4 Å². The van der Waals surface area contributed by atoms with Gasteiger partial charge in [-0.25, -0.2) is 23.4 Å². The number of rotatable bonds is 6. The molecule has 0 unspecified atom stereocenters. The van der Waals surface area contributed by atoms with Gasteiger partial charge in [-0.15, -0.1) is 5.10 Å². The lowest BCUT2D eigenvalue weighted by Gasteiger charge is -2.31. The number of alkyl halides is 2. The third-order valence-electron chi connectivity index (χ3n) is 7.79. The van der Waals surface area contributed by atoms with Crippen molar-refractivity contribution in [3.63, 3.8) is 0 Å². The predicted octanol–water partition coefficient (Wildman–Crippen LogP) is 8.46. The molecule has 4 heterocycles. The van der Waals surface area contributed by atoms with Crippen molar-refractivity contribution in [1.29, 1.82) is 0 Å². The monoisotopic (exact) mass is 664 g/mol. The number of carbonyl (C=O) groups is 1. The molecule has 2 N–H and O–H groups in total. The summed E-state index contributed by atoms with van der Waals surface area (Å²) in [5.41, 5.74) is 0.00772. The van der Waals surface area contributed by atoms with E-state index >= 15 is 8.78 Å². The van der Waals surface area contributed by atoms with E-state index in [1.165, 1.54) is 18.0 Å². The van der Waals surface area contributed by atoms with Crippen LogP contribution >= 0.6 is 11.9 Å². The topological polar surface area (TPSA) is 105 Å². The Labute approximate surface area is 278 Å². The molecule has 0 spiro atoms. The number of aromatic nitrogens is 4. The number of nitrogens with one attached hydrogen (secondary N) is 1. The first-order chi connectivity index (χ1) is 22.2. The summed E-state index contributed by atoms with van der Waals surface area (Å²) in [6.45, 7) is 10.7. The molecular formula is C35H42F2N6O3S. The fourth-order valence-corrected chi connectivity index (χ4v) is 5.84. The maximum Gasteiger partial charge on any atom is 0.310 e. The van der Waals surface area contributed by atoms with E-state index in [9.17, 15) is 9.90 Å². The normalized spacial score (nSPS) is 15.7. The molecule has 0 aliphatic carbocycles. The van der Waals surface area contributed by atoms with Gasteiger partial charge in [0, 0.05) is 54.8 Å². The first-order valence-corrected chi connectivity index (χ1v) is 16.6. The molecule has 3 aromatic heterocycles. The summed E-state index contributed by atoms with van der Waals surface area (Å²) < 4.78 is 42.8. The van der Waals surface area contributed by atoms with E-state index in [0.29, 0.717) is 65.5 Å². The molecule has 12 heteroatoms. The van der Waals surface area contributed by atoms with Crippen LogP contribution in [0.1, 0.15) is 65.9 Å². The summed E-state index contributed by atoms with van der Waals surface area (Å²) in [4.78, 5) is 23.5. The average Bonchev–Trinajstić information content (AvgIpc) is 3.50. The zero-order chi connectivity index (χ0) is 33.8. The SMILES string of the molecule is CC(C)(C)COc1ccn(-c2ccc3nc2-c2ccccc2C(F)(F)CCCCCN(CC(C)(C)C(=O)O)c2cccc(n2)SN3)n1. The molecule has 4 bridgehead atoms. The van der Waals surface area contributed by atoms with E-state index in [0.717, 1.165) is 0 Å². The van der Waals surface area contributed by atoms with Crippen molar-refractivity contribution in [2.45, 2.75) is 71.3 Å². The zero-order valence-electron chi connectivity index (χ0n) is 27.5. The molecule has 250 valence electrons. The summed E-state index contributed by atoms with van der Waals surface area (Å²) in [7, 11) is 0. The van der Waals surface area contributed by atoms with Gasteiger partial charge in [0.1, 0.15) is 16.7 Å². The van der Waals surface area contributed by atoms with E-state index in [1.54, 1.807) is 61.1 Å². The Morgan fingerprint density at radius 1 is 1.00 bits per heavy atom. The Balaban J connectivity index is 1.55. The van der Waals surface area contributed by atoms with Gasteiger partial charge in [-0.2, -0.15) is 0 Å². The highest BCUT2D eigenvalue weighted by atomic mass is 32.2. The maximum atomic E-state index is 16.0. The van der Waals surface area contributed by atoms with Gasteiger partial charge >= 0.3 is 5.97 Å². The Hall–Kier alpha value is -4.19. The van der Waals surface area contributed by atoms with Crippen molar-refractivity contribution < 1.29 is 23.4 Å². The van der Waals surface area contributed by atoms with Gasteiger partial charge in [0.15, 0.2) is 0 Å². The van der Waals surface area contributed by atoms with Crippen LogP contribution in [0.15, 0.2) is 71.9 Å². The molecule has 47 heavy (non-hydrogen) atoms. The minimum atomic E-state index is -3.12. The number of ether oxygens (including phenoxy) is 1. The third-order valence-corrected chi connectivity index (χ3v) is 8.54. The van der Waals surface area contributed by atoms with Gasteiger partial charge in [0.2, 0.25) is 5.88 Å². The van der Waals surface area contributed by atoms with Crippen LogP contribution in [-0.4, -0.2) is 50.5 Å². The van der Waals surface area contributed by atoms with Gasteiger partial charge < -0.3 is 19.5 Å². The lowest BCUT2D eigenvalue weighted by Crippen LogP contribution is -2.40. The van der Waals surface area contributed by atoms with Crippen LogP contribution in [0, 0.1) is 10.8 Å². The lowest BCUT2D eigenvalue weighted by molar-refractivity contribution is -0.146. The van der Waals surface area contributed by atoms with Crippen molar-refractivity contribution in [2.24, 2.45) is 10.8 Å². The minimum Gasteiger partial charge on any atom is -0.481 e. The highest BCUT2D eigenvalue weighted by Gasteiger charge is 2.35. The summed E-state index contributed by atoms with van der Waals surface area (Å²) in [5.74, 6) is -2.53. The quantitative estimate of drug-likeness (QED) is 0.196. The fourth-order valence-electron chi connectivity index (χ4n) is 5.23. The zero-order valence-corrected chi connectivity index (χ0v) is 28.3. The van der Waals surface area contributed by atoms with E-state index in [-0.39, 0.29) is 30.4 Å². The van der Waals surface area contributed by atoms with Gasteiger partial charge in [-0.1, -0.05) is 57.5 Å². The number of hydrogen-bond donors (Lipinski definition) is 2. The minimum absolute atomic E-state index is 0.0623. The molecular weight excluding hydrogens is 622 g/mol. The van der Waals surface area contributed by atoms with E-state index < -0.39 is 17.3 Å². The largest absolute Gasteiger partial charge is 0.481 e. The predicted molar refractivity (Wildman–Crippen MR) is 181 cm³/mol. The molecule has 0 radical (unpaired) electrons. The molecule has 1 aliphatic heterocycles. The molecule has 1 aromatic carbocycles. The second-order valence-electron chi connectivity index (χ2n) is 13.7. The van der Waals surface area contributed by atoms with Crippen LogP contribution in [0.5, 0.6) is 5.88 Å². The Morgan fingerprint density at radius 3 is 2.55 bits per heavy atom. The number of pyridine rings is 2. The van der Waals surface area contributed by atoms with Crippen molar-refractivity contribution in [3.8, 4) is 22.8 Å². The van der Waals surface area contributed by atoms with Crippen LogP contribution in [0.3, 0.4) is 0 Å². The van der Waals surface area contributed by atoms with Gasteiger partial charge in [-0.05, 0) is 56.4 Å². The Kier molecular flexibility index (Phi) is 10.1. The lowest BCUT2D eigenvalue weighted by atomic mass is 9.92. The third kappa shape index (κ3) is 8.59. The summed E-state index contributed by atoms with van der Waals surface area (Å²) in [6.07, 6.45) is 2.84. The Morgan fingerprint density at radius 2 is 1.79 bits per heavy atom. The molecule has 0 atom stereocenters. The first kappa shape index (κ1) is 34.2. The number of carboxylic acid groups (broad SMARTS) is 1. The van der Waals surface area contributed by atoms with Crippen LogP contribution in [0.4, 0.5) is 20.4 Å². The molecule has 0 fully saturated rings. The summed E-state index contributed by atoms with van der Waals surface area (Å²) in [5, 5.41) is 15.0. The second kappa shape index (κ2) is 13.9. The van der Waals surface area contributed by atoms with E-state index in [1.807, 2.05) is 23.1 Å². The highest BCUT2D eigenvalue weighted by Crippen LogP contribution is 2.41. The van der Waals surface area contributed by atoms with Crippen molar-refractivity contribution in [1.82, 2.24) is 19.7 Å². The maximum absolute atomic E-state index is 16.0. The number of carboxylic acids is 1.